The molecule has 1 heterocycles. The van der Waals surface area contributed by atoms with Crippen LogP contribution in [-0.2, 0) is 14.4 Å². The number of aliphatic carboxylic acids is 2. The number of rotatable bonds is 1. The summed E-state index contributed by atoms with van der Waals surface area (Å²) in [4.78, 5) is 29.6. The van der Waals surface area contributed by atoms with E-state index >= 15 is 0 Å². The van der Waals surface area contributed by atoms with Gasteiger partial charge in [0.15, 0.2) is 5.78 Å². The van der Waals surface area contributed by atoms with Crippen LogP contribution < -0.4 is 5.32 Å². The minimum absolute atomic E-state index is 0.0567. The zero-order valence-electron chi connectivity index (χ0n) is 11.2. The maximum Gasteiger partial charge on any atom is 0.414 e. The predicted molar refractivity (Wildman–Crippen MR) is 76.0 cm³/mol. The van der Waals surface area contributed by atoms with E-state index in [2.05, 4.69) is 5.32 Å². The van der Waals surface area contributed by atoms with E-state index in [9.17, 15) is 4.79 Å². The number of ketones is 1. The normalized spacial score (nSPS) is 17.0. The van der Waals surface area contributed by atoms with Gasteiger partial charge in [-0.25, -0.2) is 9.59 Å². The molecule has 21 heavy (non-hydrogen) atoms. The third-order valence-electron chi connectivity index (χ3n) is 2.62. The Morgan fingerprint density at radius 1 is 1.29 bits per heavy atom. The molecule has 1 aliphatic heterocycles. The molecule has 1 aliphatic rings. The SMILES string of the molecule is CC1=CC(=O)C[C@H](c2cccc(Cl)c2)N1.O=C(O)C(=O)O. The highest BCUT2D eigenvalue weighted by Crippen LogP contribution is 2.24. The molecule has 0 saturated carbocycles. The number of nitrogens with one attached hydrogen (secondary N) is 1. The summed E-state index contributed by atoms with van der Waals surface area (Å²) in [5.41, 5.74) is 1.97. The third kappa shape index (κ3) is 5.66. The second-order valence-electron chi connectivity index (χ2n) is 4.36. The Kier molecular flexibility index (Phi) is 5.92. The van der Waals surface area contributed by atoms with Gasteiger partial charge < -0.3 is 15.5 Å². The fourth-order valence-electron chi connectivity index (χ4n) is 1.79. The molecule has 0 amide bonds. The lowest BCUT2D eigenvalue weighted by Crippen LogP contribution is -2.26. The van der Waals surface area contributed by atoms with E-state index in [1.165, 1.54) is 0 Å². The standard InChI is InChI=1S/C12H12ClNO.C2H2O4/c1-8-5-11(15)7-12(14-8)9-3-2-4-10(13)6-9;3-1(4)2(5)6/h2-6,12,14H,7H2,1H3;(H,3,4)(H,5,6)/t12-;/m1./s1. The fraction of sp³-hybridized carbons (Fsp3) is 0.214. The van der Waals surface area contributed by atoms with Crippen molar-refractivity contribution >= 4 is 29.3 Å². The van der Waals surface area contributed by atoms with E-state index in [-0.39, 0.29) is 11.8 Å². The molecular weight excluding hydrogens is 298 g/mol. The predicted octanol–water partition coefficient (Wildman–Crippen LogP) is 2.00. The van der Waals surface area contributed by atoms with Crippen LogP contribution in [0.2, 0.25) is 5.02 Å². The van der Waals surface area contributed by atoms with Crippen LogP contribution in [0.3, 0.4) is 0 Å². The average Bonchev–Trinajstić information content (AvgIpc) is 2.38. The number of carbonyl (C=O) groups is 3. The molecule has 0 spiro atoms. The smallest absolute Gasteiger partial charge is 0.414 e. The van der Waals surface area contributed by atoms with Crippen molar-refractivity contribution in [1.29, 1.82) is 0 Å². The van der Waals surface area contributed by atoms with Gasteiger partial charge in [-0.2, -0.15) is 0 Å². The Morgan fingerprint density at radius 2 is 1.90 bits per heavy atom. The van der Waals surface area contributed by atoms with Crippen molar-refractivity contribution in [3.05, 3.63) is 46.6 Å². The van der Waals surface area contributed by atoms with Crippen LogP contribution in [0, 0.1) is 0 Å². The first kappa shape index (κ1) is 16.7. The topological polar surface area (TPSA) is 104 Å². The van der Waals surface area contributed by atoms with Crippen molar-refractivity contribution in [2.75, 3.05) is 0 Å². The zero-order chi connectivity index (χ0) is 16.0. The van der Waals surface area contributed by atoms with Gasteiger partial charge in [0.2, 0.25) is 0 Å². The van der Waals surface area contributed by atoms with E-state index < -0.39 is 11.9 Å². The summed E-state index contributed by atoms with van der Waals surface area (Å²) >= 11 is 5.91. The minimum atomic E-state index is -1.82. The number of hydrogen-bond donors (Lipinski definition) is 3. The maximum atomic E-state index is 11.4. The highest BCUT2D eigenvalue weighted by Gasteiger charge is 2.19. The molecule has 7 heteroatoms. The Morgan fingerprint density at radius 3 is 2.38 bits per heavy atom. The van der Waals surface area contributed by atoms with Gasteiger partial charge in [0.05, 0.1) is 6.04 Å². The fourth-order valence-corrected chi connectivity index (χ4v) is 1.99. The number of hydrogen-bond acceptors (Lipinski definition) is 4. The van der Waals surface area contributed by atoms with E-state index in [1.807, 2.05) is 31.2 Å². The lowest BCUT2D eigenvalue weighted by atomic mass is 9.98. The lowest BCUT2D eigenvalue weighted by molar-refractivity contribution is -0.159. The highest BCUT2D eigenvalue weighted by molar-refractivity contribution is 6.30. The van der Waals surface area contributed by atoms with Crippen molar-refractivity contribution in [1.82, 2.24) is 5.32 Å². The summed E-state index contributed by atoms with van der Waals surface area (Å²) in [5.74, 6) is -3.48. The number of carboxylic acid groups (broad SMARTS) is 2. The number of carbonyl (C=O) groups excluding carboxylic acids is 1. The van der Waals surface area contributed by atoms with E-state index in [0.29, 0.717) is 11.4 Å². The van der Waals surface area contributed by atoms with Gasteiger partial charge in [0.1, 0.15) is 0 Å². The van der Waals surface area contributed by atoms with Gasteiger partial charge in [-0.05, 0) is 30.7 Å². The molecule has 0 unspecified atom stereocenters. The van der Waals surface area contributed by atoms with E-state index in [4.69, 9.17) is 31.4 Å². The zero-order valence-corrected chi connectivity index (χ0v) is 11.9. The summed E-state index contributed by atoms with van der Waals surface area (Å²) in [6.07, 6.45) is 2.14. The molecule has 6 nitrogen and oxygen atoms in total. The second kappa shape index (κ2) is 7.44. The van der Waals surface area contributed by atoms with Gasteiger partial charge >= 0.3 is 11.9 Å². The first-order valence-corrected chi connectivity index (χ1v) is 6.36. The Hall–Kier alpha value is -2.34. The van der Waals surface area contributed by atoms with E-state index in [1.54, 1.807) is 6.08 Å². The van der Waals surface area contributed by atoms with Crippen LogP contribution in [0.4, 0.5) is 0 Å². The van der Waals surface area contributed by atoms with Crippen LogP contribution in [0.25, 0.3) is 0 Å². The Bertz CT molecular complexity index is 585. The summed E-state index contributed by atoms with van der Waals surface area (Å²) in [6.45, 7) is 1.90. The molecule has 0 aromatic heterocycles. The highest BCUT2D eigenvalue weighted by atomic mass is 35.5. The van der Waals surface area contributed by atoms with Gasteiger partial charge in [-0.1, -0.05) is 23.7 Å². The molecule has 1 aromatic rings. The minimum Gasteiger partial charge on any atom is -0.473 e. The molecule has 112 valence electrons. The van der Waals surface area contributed by atoms with Gasteiger partial charge in [0.25, 0.3) is 0 Å². The molecule has 0 aliphatic carbocycles. The molecule has 2 rings (SSSR count). The third-order valence-corrected chi connectivity index (χ3v) is 2.85. The monoisotopic (exact) mass is 311 g/mol. The van der Waals surface area contributed by atoms with Crippen LogP contribution in [-0.4, -0.2) is 27.9 Å². The molecule has 1 aromatic carbocycles. The maximum absolute atomic E-state index is 11.4. The summed E-state index contributed by atoms with van der Waals surface area (Å²) in [5, 5.41) is 18.8. The van der Waals surface area contributed by atoms with Crippen LogP contribution in [0.5, 0.6) is 0 Å². The molecule has 0 saturated heterocycles. The van der Waals surface area contributed by atoms with Crippen LogP contribution in [0.1, 0.15) is 24.9 Å². The first-order chi connectivity index (χ1) is 9.79. The molecule has 0 radical (unpaired) electrons. The van der Waals surface area contributed by atoms with Gasteiger partial charge in [-0.15, -0.1) is 0 Å². The van der Waals surface area contributed by atoms with Gasteiger partial charge in [0, 0.05) is 17.1 Å². The van der Waals surface area contributed by atoms with Gasteiger partial charge in [-0.3, -0.25) is 4.79 Å². The Balaban J connectivity index is 0.000000315. The van der Waals surface area contributed by atoms with Crippen molar-refractivity contribution < 1.29 is 24.6 Å². The Labute approximate surface area is 126 Å². The summed E-state index contributed by atoms with van der Waals surface area (Å²) in [7, 11) is 0. The van der Waals surface area contributed by atoms with E-state index in [0.717, 1.165) is 11.3 Å². The molecule has 0 fully saturated rings. The molecule has 0 bridgehead atoms. The molecule has 3 N–H and O–H groups in total. The molecule has 1 atom stereocenters. The summed E-state index contributed by atoms with van der Waals surface area (Å²) < 4.78 is 0. The molecular formula is C14H14ClNO5. The lowest BCUT2D eigenvalue weighted by Gasteiger charge is -2.23. The quantitative estimate of drug-likeness (QED) is 0.685. The second-order valence-corrected chi connectivity index (χ2v) is 4.80. The van der Waals surface area contributed by atoms with Crippen molar-refractivity contribution in [2.45, 2.75) is 19.4 Å². The number of carboxylic acids is 2. The average molecular weight is 312 g/mol. The van der Waals surface area contributed by atoms with Crippen LogP contribution >= 0.6 is 11.6 Å². The van der Waals surface area contributed by atoms with Crippen molar-refractivity contribution in [2.24, 2.45) is 0 Å². The van der Waals surface area contributed by atoms with Crippen LogP contribution in [0.15, 0.2) is 36.0 Å². The first-order valence-electron chi connectivity index (χ1n) is 5.99. The van der Waals surface area contributed by atoms with Crippen molar-refractivity contribution in [3.63, 3.8) is 0 Å². The number of allylic oxidation sites excluding steroid dienone is 2. The van der Waals surface area contributed by atoms with Crippen molar-refractivity contribution in [3.8, 4) is 0 Å². The summed E-state index contributed by atoms with van der Waals surface area (Å²) in [6, 6.07) is 7.66. The largest absolute Gasteiger partial charge is 0.473 e. The number of benzene rings is 1. The number of halogens is 1.